The van der Waals surface area contributed by atoms with Crippen LogP contribution in [0.25, 0.3) is 0 Å². The number of morpholine rings is 1. The largest absolute Gasteiger partial charge is 0.491 e. The summed E-state index contributed by atoms with van der Waals surface area (Å²) in [6.07, 6.45) is -0.616. The zero-order chi connectivity index (χ0) is 22.4. The van der Waals surface area contributed by atoms with Gasteiger partial charge in [0, 0.05) is 51.5 Å². The third kappa shape index (κ3) is 5.79. The predicted octanol–water partition coefficient (Wildman–Crippen LogP) is 1.27. The SMILES string of the molecule is O=S(=O)(c1ccc(OC[C@H](O)CN2CCN(c3ccccc3)CC2)cc1)N1CCOCC1. The fourth-order valence-corrected chi connectivity index (χ4v) is 5.42. The molecule has 2 aliphatic rings. The van der Waals surface area contributed by atoms with Crippen LogP contribution in [-0.2, 0) is 14.8 Å². The smallest absolute Gasteiger partial charge is 0.243 e. The van der Waals surface area contributed by atoms with Crippen molar-refractivity contribution in [3.05, 3.63) is 54.6 Å². The second kappa shape index (κ2) is 10.6. The number of piperazine rings is 1. The van der Waals surface area contributed by atoms with Crippen LogP contribution in [0.4, 0.5) is 5.69 Å². The Morgan fingerprint density at radius 2 is 1.56 bits per heavy atom. The Morgan fingerprint density at radius 1 is 0.906 bits per heavy atom. The lowest BCUT2D eigenvalue weighted by molar-refractivity contribution is 0.0663. The van der Waals surface area contributed by atoms with E-state index in [1.54, 1.807) is 24.3 Å². The molecule has 0 bridgehead atoms. The minimum Gasteiger partial charge on any atom is -0.491 e. The molecule has 8 nitrogen and oxygen atoms in total. The number of benzene rings is 2. The zero-order valence-electron chi connectivity index (χ0n) is 18.2. The maximum atomic E-state index is 12.7. The van der Waals surface area contributed by atoms with Gasteiger partial charge >= 0.3 is 0 Å². The molecule has 0 aliphatic carbocycles. The summed E-state index contributed by atoms with van der Waals surface area (Å²) in [5.41, 5.74) is 1.23. The summed E-state index contributed by atoms with van der Waals surface area (Å²) in [6, 6.07) is 16.7. The van der Waals surface area contributed by atoms with E-state index in [0.717, 1.165) is 26.2 Å². The van der Waals surface area contributed by atoms with Gasteiger partial charge in [-0.1, -0.05) is 18.2 Å². The Morgan fingerprint density at radius 3 is 2.22 bits per heavy atom. The average molecular weight is 462 g/mol. The Kier molecular flexibility index (Phi) is 7.64. The van der Waals surface area contributed by atoms with E-state index in [4.69, 9.17) is 9.47 Å². The van der Waals surface area contributed by atoms with Gasteiger partial charge in [0.15, 0.2) is 0 Å². The molecule has 0 spiro atoms. The number of sulfonamides is 1. The number of hydrogen-bond donors (Lipinski definition) is 1. The van der Waals surface area contributed by atoms with Gasteiger partial charge in [0.2, 0.25) is 10.0 Å². The normalized spacial score (nSPS) is 19.6. The topological polar surface area (TPSA) is 82.5 Å². The lowest BCUT2D eigenvalue weighted by atomic mass is 10.2. The van der Waals surface area contributed by atoms with Gasteiger partial charge in [0.05, 0.1) is 18.1 Å². The van der Waals surface area contributed by atoms with Gasteiger partial charge in [0.25, 0.3) is 0 Å². The molecule has 1 N–H and O–H groups in total. The monoisotopic (exact) mass is 461 g/mol. The van der Waals surface area contributed by atoms with Crippen LogP contribution in [0.5, 0.6) is 5.75 Å². The van der Waals surface area contributed by atoms with E-state index >= 15 is 0 Å². The van der Waals surface area contributed by atoms with Gasteiger partial charge in [-0.2, -0.15) is 4.31 Å². The third-order valence-corrected chi connectivity index (χ3v) is 7.75. The third-order valence-electron chi connectivity index (χ3n) is 5.84. The van der Waals surface area contributed by atoms with Crippen molar-refractivity contribution < 1.29 is 23.0 Å². The second-order valence-corrected chi connectivity index (χ2v) is 10.0. The Bertz CT molecular complexity index is 941. The number of para-hydroxylation sites is 1. The molecule has 9 heteroatoms. The molecule has 0 radical (unpaired) electrons. The molecule has 4 rings (SSSR count). The second-order valence-electron chi connectivity index (χ2n) is 8.08. The summed E-state index contributed by atoms with van der Waals surface area (Å²) in [5, 5.41) is 10.4. The number of rotatable bonds is 8. The summed E-state index contributed by atoms with van der Waals surface area (Å²) in [7, 11) is -3.52. The quantitative estimate of drug-likeness (QED) is 0.634. The summed E-state index contributed by atoms with van der Waals surface area (Å²) in [4.78, 5) is 4.83. The van der Waals surface area contributed by atoms with E-state index in [1.165, 1.54) is 9.99 Å². The van der Waals surface area contributed by atoms with Gasteiger partial charge in [-0.25, -0.2) is 8.42 Å². The van der Waals surface area contributed by atoms with Crippen LogP contribution in [0.1, 0.15) is 0 Å². The maximum absolute atomic E-state index is 12.7. The van der Waals surface area contributed by atoms with Crippen molar-refractivity contribution in [2.24, 2.45) is 0 Å². The molecule has 2 heterocycles. The number of β-amino-alcohol motifs (C(OH)–C–C–N with tert-alkyl or cyclic N) is 1. The van der Waals surface area contributed by atoms with Crippen molar-refractivity contribution in [1.29, 1.82) is 0 Å². The van der Waals surface area contributed by atoms with Gasteiger partial charge in [-0.05, 0) is 36.4 Å². The zero-order valence-corrected chi connectivity index (χ0v) is 19.0. The number of aliphatic hydroxyl groups excluding tert-OH is 1. The van der Waals surface area contributed by atoms with E-state index in [0.29, 0.717) is 38.6 Å². The van der Waals surface area contributed by atoms with Crippen molar-refractivity contribution in [1.82, 2.24) is 9.21 Å². The maximum Gasteiger partial charge on any atom is 0.243 e. The minimum atomic E-state index is -3.52. The first-order chi connectivity index (χ1) is 15.5. The highest BCUT2D eigenvalue weighted by atomic mass is 32.2. The van der Waals surface area contributed by atoms with E-state index in [1.807, 2.05) is 18.2 Å². The first-order valence-corrected chi connectivity index (χ1v) is 12.5. The summed E-state index contributed by atoms with van der Waals surface area (Å²) in [6.45, 7) is 5.91. The standard InChI is InChI=1S/C23H31N3O5S/c27-21(18-24-10-12-25(13-11-24)20-4-2-1-3-5-20)19-31-22-6-8-23(9-7-22)32(28,29)26-14-16-30-17-15-26/h1-9,21,27H,10-19H2/t21-/m1/s1. The molecule has 2 fully saturated rings. The van der Waals surface area contributed by atoms with Crippen molar-refractivity contribution >= 4 is 15.7 Å². The van der Waals surface area contributed by atoms with Gasteiger partial charge in [-0.15, -0.1) is 0 Å². The van der Waals surface area contributed by atoms with Crippen LogP contribution in [0.3, 0.4) is 0 Å². The first kappa shape index (κ1) is 23.0. The number of ether oxygens (including phenoxy) is 2. The molecule has 2 aliphatic heterocycles. The summed E-state index contributed by atoms with van der Waals surface area (Å²) in [5.74, 6) is 0.541. The van der Waals surface area contributed by atoms with Crippen LogP contribution in [0.15, 0.2) is 59.5 Å². The minimum absolute atomic E-state index is 0.161. The molecule has 2 saturated heterocycles. The molecule has 0 amide bonds. The number of aliphatic hydroxyl groups is 1. The van der Waals surface area contributed by atoms with Crippen LogP contribution < -0.4 is 9.64 Å². The molecular weight excluding hydrogens is 430 g/mol. The van der Waals surface area contributed by atoms with E-state index in [9.17, 15) is 13.5 Å². The predicted molar refractivity (Wildman–Crippen MR) is 123 cm³/mol. The van der Waals surface area contributed by atoms with E-state index < -0.39 is 16.1 Å². The van der Waals surface area contributed by atoms with Crippen LogP contribution in [0, 0.1) is 0 Å². The molecule has 2 aromatic rings. The van der Waals surface area contributed by atoms with Crippen LogP contribution in [0.2, 0.25) is 0 Å². The van der Waals surface area contributed by atoms with Gasteiger partial charge in [-0.3, -0.25) is 4.90 Å². The first-order valence-electron chi connectivity index (χ1n) is 11.0. The van der Waals surface area contributed by atoms with E-state index in [-0.39, 0.29) is 11.5 Å². The van der Waals surface area contributed by atoms with Crippen molar-refractivity contribution in [3.63, 3.8) is 0 Å². The molecule has 32 heavy (non-hydrogen) atoms. The molecular formula is C23H31N3O5S. The average Bonchev–Trinajstić information content (AvgIpc) is 2.84. The molecule has 0 saturated carbocycles. The van der Waals surface area contributed by atoms with Crippen LogP contribution >= 0.6 is 0 Å². The Labute approximate surface area is 190 Å². The van der Waals surface area contributed by atoms with E-state index in [2.05, 4.69) is 21.9 Å². The molecule has 0 aromatic heterocycles. The number of nitrogens with zero attached hydrogens (tertiary/aromatic N) is 3. The van der Waals surface area contributed by atoms with Crippen molar-refractivity contribution in [2.45, 2.75) is 11.0 Å². The highest BCUT2D eigenvalue weighted by molar-refractivity contribution is 7.89. The lowest BCUT2D eigenvalue weighted by Crippen LogP contribution is -2.49. The highest BCUT2D eigenvalue weighted by Crippen LogP contribution is 2.21. The molecule has 2 aromatic carbocycles. The molecule has 174 valence electrons. The lowest BCUT2D eigenvalue weighted by Gasteiger charge is -2.36. The molecule has 1 atom stereocenters. The highest BCUT2D eigenvalue weighted by Gasteiger charge is 2.26. The van der Waals surface area contributed by atoms with Crippen LogP contribution in [-0.4, -0.2) is 94.5 Å². The number of hydrogen-bond acceptors (Lipinski definition) is 7. The van der Waals surface area contributed by atoms with Gasteiger partial charge in [0.1, 0.15) is 18.5 Å². The summed E-state index contributed by atoms with van der Waals surface area (Å²) < 4.78 is 37.7. The Hall–Kier alpha value is -2.17. The molecule has 0 unspecified atom stereocenters. The van der Waals surface area contributed by atoms with Crippen molar-refractivity contribution in [2.75, 3.05) is 70.5 Å². The van der Waals surface area contributed by atoms with Gasteiger partial charge < -0.3 is 19.5 Å². The Balaban J connectivity index is 1.22. The summed E-state index contributed by atoms with van der Waals surface area (Å²) >= 11 is 0. The fourth-order valence-electron chi connectivity index (χ4n) is 4.01. The fraction of sp³-hybridized carbons (Fsp3) is 0.478. The number of anilines is 1. The van der Waals surface area contributed by atoms with Crippen molar-refractivity contribution in [3.8, 4) is 5.75 Å².